The molecule has 1 aromatic carbocycles. The van der Waals surface area contributed by atoms with Crippen LogP contribution in [-0.4, -0.2) is 32.8 Å². The van der Waals surface area contributed by atoms with Crippen LogP contribution in [0.3, 0.4) is 0 Å². The lowest BCUT2D eigenvalue weighted by Crippen LogP contribution is -2.66. The van der Waals surface area contributed by atoms with Crippen molar-refractivity contribution in [1.29, 1.82) is 0 Å². The highest BCUT2D eigenvalue weighted by Gasteiger charge is 2.61. The van der Waals surface area contributed by atoms with Gasteiger partial charge in [-0.15, -0.1) is 0 Å². The molecule has 2 aliphatic rings. The third-order valence-corrected chi connectivity index (χ3v) is 5.83. The van der Waals surface area contributed by atoms with E-state index in [4.69, 9.17) is 0 Å². The van der Waals surface area contributed by atoms with E-state index in [9.17, 15) is 14.7 Å². The topological polar surface area (TPSA) is 84.2 Å². The van der Waals surface area contributed by atoms with Gasteiger partial charge in [0.1, 0.15) is 0 Å². The van der Waals surface area contributed by atoms with Gasteiger partial charge in [0, 0.05) is 23.2 Å². The fourth-order valence-corrected chi connectivity index (χ4v) is 4.20. The number of carboxylic acid groups (broad SMARTS) is 1. The van der Waals surface area contributed by atoms with Crippen LogP contribution in [0.4, 0.5) is 0 Å². The minimum Gasteiger partial charge on any atom is -0.481 e. The van der Waals surface area contributed by atoms with Crippen molar-refractivity contribution in [2.75, 3.05) is 0 Å². The Hall–Kier alpha value is -2.63. The molecule has 0 aliphatic heterocycles. The molecule has 1 heterocycles. The van der Waals surface area contributed by atoms with E-state index < -0.39 is 5.97 Å². The van der Waals surface area contributed by atoms with Gasteiger partial charge < -0.3 is 10.4 Å². The van der Waals surface area contributed by atoms with Crippen molar-refractivity contribution >= 4 is 11.9 Å². The van der Waals surface area contributed by atoms with Gasteiger partial charge in [-0.2, -0.15) is 5.10 Å². The van der Waals surface area contributed by atoms with E-state index >= 15 is 0 Å². The van der Waals surface area contributed by atoms with Crippen molar-refractivity contribution < 1.29 is 14.7 Å². The first-order chi connectivity index (χ1) is 12.0. The van der Waals surface area contributed by atoms with E-state index in [-0.39, 0.29) is 23.3 Å². The first-order valence-electron chi connectivity index (χ1n) is 8.65. The Labute approximate surface area is 145 Å². The standard InChI is InChI=1S/C19H21N3O3/c1-12-10-20-22(11-12)14-5-2-4-13(8-14)17(23)21-16-9-15(18(24)25)19(16)6-3-7-19/h2,4-5,8,10-11,15-16H,3,6-7,9H2,1H3,(H,21,23)(H,24,25)/t15-,16-/m1/s1. The molecule has 2 saturated carbocycles. The Kier molecular flexibility index (Phi) is 3.63. The molecule has 2 aliphatic carbocycles. The van der Waals surface area contributed by atoms with Crippen molar-refractivity contribution in [3.63, 3.8) is 0 Å². The summed E-state index contributed by atoms with van der Waals surface area (Å²) in [5.41, 5.74) is 2.23. The summed E-state index contributed by atoms with van der Waals surface area (Å²) in [6, 6.07) is 7.28. The number of rotatable bonds is 4. The molecule has 130 valence electrons. The predicted octanol–water partition coefficient (Wildman–Crippen LogP) is 2.55. The number of nitrogens with zero attached hydrogens (tertiary/aromatic N) is 2. The van der Waals surface area contributed by atoms with E-state index in [1.165, 1.54) is 0 Å². The molecule has 0 bridgehead atoms. The quantitative estimate of drug-likeness (QED) is 0.896. The van der Waals surface area contributed by atoms with Crippen LogP contribution in [0.5, 0.6) is 0 Å². The fraction of sp³-hybridized carbons (Fsp3) is 0.421. The van der Waals surface area contributed by atoms with Gasteiger partial charge in [-0.3, -0.25) is 9.59 Å². The molecule has 4 rings (SSSR count). The summed E-state index contributed by atoms with van der Waals surface area (Å²) in [5.74, 6) is -1.20. The van der Waals surface area contributed by atoms with Crippen molar-refractivity contribution in [3.05, 3.63) is 47.8 Å². The normalized spacial score (nSPS) is 23.6. The van der Waals surface area contributed by atoms with Gasteiger partial charge in [-0.05, 0) is 49.9 Å². The SMILES string of the molecule is Cc1cnn(-c2cccc(C(=O)N[C@@H]3C[C@H](C(=O)O)C34CCC4)c2)c1. The third-order valence-electron chi connectivity index (χ3n) is 5.83. The first kappa shape index (κ1) is 15.9. The number of aliphatic carboxylic acids is 1. The van der Waals surface area contributed by atoms with Crippen LogP contribution in [0.2, 0.25) is 0 Å². The fourth-order valence-electron chi connectivity index (χ4n) is 4.20. The van der Waals surface area contributed by atoms with Crippen LogP contribution in [0, 0.1) is 18.3 Å². The molecule has 2 aromatic rings. The summed E-state index contributed by atoms with van der Waals surface area (Å²) in [6.45, 7) is 1.97. The molecule has 6 nitrogen and oxygen atoms in total. The predicted molar refractivity (Wildman–Crippen MR) is 91.6 cm³/mol. The molecule has 0 unspecified atom stereocenters. The molecule has 6 heteroatoms. The molecular weight excluding hydrogens is 318 g/mol. The maximum Gasteiger partial charge on any atom is 0.307 e. The number of aryl methyl sites for hydroxylation is 1. The van der Waals surface area contributed by atoms with Gasteiger partial charge in [0.15, 0.2) is 0 Å². The second-order valence-corrected chi connectivity index (χ2v) is 7.25. The number of benzene rings is 1. The summed E-state index contributed by atoms with van der Waals surface area (Å²) in [4.78, 5) is 24.0. The van der Waals surface area contributed by atoms with E-state index in [0.717, 1.165) is 30.5 Å². The van der Waals surface area contributed by atoms with Crippen molar-refractivity contribution in [3.8, 4) is 5.69 Å². The highest BCUT2D eigenvalue weighted by Crippen LogP contribution is 2.59. The Morgan fingerprint density at radius 3 is 2.76 bits per heavy atom. The maximum absolute atomic E-state index is 12.7. The molecule has 2 atom stereocenters. The monoisotopic (exact) mass is 339 g/mol. The highest BCUT2D eigenvalue weighted by molar-refractivity contribution is 5.95. The van der Waals surface area contributed by atoms with Crippen molar-refractivity contribution in [1.82, 2.24) is 15.1 Å². The average Bonchev–Trinajstić information content (AvgIpc) is 2.95. The van der Waals surface area contributed by atoms with Crippen LogP contribution in [0.25, 0.3) is 5.69 Å². The van der Waals surface area contributed by atoms with Crippen LogP contribution < -0.4 is 5.32 Å². The summed E-state index contributed by atoms with van der Waals surface area (Å²) >= 11 is 0. The smallest absolute Gasteiger partial charge is 0.307 e. The molecule has 0 radical (unpaired) electrons. The molecule has 1 amide bonds. The molecule has 2 fully saturated rings. The zero-order chi connectivity index (χ0) is 17.6. The molecule has 25 heavy (non-hydrogen) atoms. The lowest BCUT2D eigenvalue weighted by molar-refractivity contribution is -0.167. The lowest BCUT2D eigenvalue weighted by atomic mass is 9.47. The molecule has 1 aromatic heterocycles. The molecule has 2 N–H and O–H groups in total. The largest absolute Gasteiger partial charge is 0.481 e. The molecule has 0 saturated heterocycles. The third kappa shape index (κ3) is 2.52. The van der Waals surface area contributed by atoms with Gasteiger partial charge in [0.25, 0.3) is 5.91 Å². The Morgan fingerprint density at radius 1 is 1.36 bits per heavy atom. The van der Waals surface area contributed by atoms with E-state index in [2.05, 4.69) is 10.4 Å². The number of hydrogen-bond acceptors (Lipinski definition) is 3. The average molecular weight is 339 g/mol. The van der Waals surface area contributed by atoms with Crippen LogP contribution >= 0.6 is 0 Å². The number of amides is 1. The summed E-state index contributed by atoms with van der Waals surface area (Å²) < 4.78 is 1.74. The number of carbonyl (C=O) groups is 2. The number of nitrogens with one attached hydrogen (secondary N) is 1. The minimum atomic E-state index is -0.735. The van der Waals surface area contributed by atoms with Gasteiger partial charge in [-0.25, -0.2) is 4.68 Å². The molecular formula is C19H21N3O3. The van der Waals surface area contributed by atoms with Gasteiger partial charge in [-0.1, -0.05) is 12.5 Å². The van der Waals surface area contributed by atoms with Gasteiger partial charge in [0.05, 0.1) is 17.8 Å². The first-order valence-corrected chi connectivity index (χ1v) is 8.65. The second-order valence-electron chi connectivity index (χ2n) is 7.25. The minimum absolute atomic E-state index is 0.0366. The zero-order valence-corrected chi connectivity index (χ0v) is 14.1. The maximum atomic E-state index is 12.7. The number of carboxylic acids is 1. The van der Waals surface area contributed by atoms with Crippen LogP contribution in [-0.2, 0) is 4.79 Å². The Balaban J connectivity index is 1.50. The number of hydrogen-bond donors (Lipinski definition) is 2. The zero-order valence-electron chi connectivity index (χ0n) is 14.1. The summed E-state index contributed by atoms with van der Waals surface area (Å²) in [5, 5.41) is 16.7. The highest BCUT2D eigenvalue weighted by atomic mass is 16.4. The summed E-state index contributed by atoms with van der Waals surface area (Å²) in [6.07, 6.45) is 7.03. The van der Waals surface area contributed by atoms with Gasteiger partial charge in [0.2, 0.25) is 0 Å². The summed E-state index contributed by atoms with van der Waals surface area (Å²) in [7, 11) is 0. The number of carbonyl (C=O) groups excluding carboxylic acids is 1. The lowest BCUT2D eigenvalue weighted by Gasteiger charge is -2.59. The Morgan fingerprint density at radius 2 is 2.16 bits per heavy atom. The van der Waals surface area contributed by atoms with E-state index in [1.807, 2.05) is 31.3 Å². The van der Waals surface area contributed by atoms with E-state index in [0.29, 0.717) is 12.0 Å². The van der Waals surface area contributed by atoms with Crippen molar-refractivity contribution in [2.24, 2.45) is 11.3 Å². The second kappa shape index (κ2) is 5.72. The van der Waals surface area contributed by atoms with E-state index in [1.54, 1.807) is 16.9 Å². The van der Waals surface area contributed by atoms with Crippen LogP contribution in [0.1, 0.15) is 41.6 Å². The molecule has 1 spiro atoms. The number of aromatic nitrogens is 2. The Bertz CT molecular complexity index is 838. The van der Waals surface area contributed by atoms with Crippen LogP contribution in [0.15, 0.2) is 36.7 Å². The van der Waals surface area contributed by atoms with Gasteiger partial charge >= 0.3 is 5.97 Å². The van der Waals surface area contributed by atoms with Crippen molar-refractivity contribution in [2.45, 2.75) is 38.6 Å².